The van der Waals surface area contributed by atoms with Crippen LogP contribution in [0.25, 0.3) is 6.08 Å². The summed E-state index contributed by atoms with van der Waals surface area (Å²) in [6.45, 7) is 0. The number of ether oxygens (including phenoxy) is 1. The van der Waals surface area contributed by atoms with Gasteiger partial charge in [0.25, 0.3) is 5.91 Å². The van der Waals surface area contributed by atoms with Crippen molar-refractivity contribution >= 4 is 67.6 Å². The first-order chi connectivity index (χ1) is 16.5. The minimum atomic E-state index is -4.75. The number of alkyl halides is 3. The molecule has 0 atom stereocenters. The number of carbonyl (C=O) groups excluding carboxylic acids is 1. The van der Waals surface area contributed by atoms with Crippen LogP contribution < -0.4 is 9.64 Å². The number of amides is 1. The van der Waals surface area contributed by atoms with E-state index in [-0.39, 0.29) is 22.3 Å². The third-order valence-electron chi connectivity index (χ3n) is 4.77. The van der Waals surface area contributed by atoms with Gasteiger partial charge in [-0.3, -0.25) is 19.8 Å². The molecule has 0 saturated carbocycles. The Labute approximate surface area is 214 Å². The lowest BCUT2D eigenvalue weighted by Crippen LogP contribution is -2.27. The number of nitrogens with zero attached hydrogens (tertiary/aromatic N) is 2. The summed E-state index contributed by atoms with van der Waals surface area (Å²) in [4.78, 5) is 25.2. The minimum Gasteiger partial charge on any atom is -0.449 e. The summed E-state index contributed by atoms with van der Waals surface area (Å²) in [6, 6.07) is 15.5. The maximum atomic E-state index is 13.1. The summed E-state index contributed by atoms with van der Waals surface area (Å²) in [7, 11) is 0. The third kappa shape index (κ3) is 5.39. The van der Waals surface area contributed by atoms with E-state index in [1.807, 2.05) is 6.07 Å². The van der Waals surface area contributed by atoms with Gasteiger partial charge in [0.2, 0.25) is 5.75 Å². The van der Waals surface area contributed by atoms with Crippen LogP contribution in [0.4, 0.5) is 24.5 Å². The van der Waals surface area contributed by atoms with Crippen molar-refractivity contribution in [3.05, 3.63) is 97.3 Å². The Bertz CT molecular complexity index is 1380. The first kappa shape index (κ1) is 24.9. The van der Waals surface area contributed by atoms with E-state index in [2.05, 4.69) is 15.9 Å². The fourth-order valence-corrected chi connectivity index (χ4v) is 4.84. The van der Waals surface area contributed by atoms with Crippen LogP contribution in [0.5, 0.6) is 11.5 Å². The van der Waals surface area contributed by atoms with Crippen LogP contribution in [0.2, 0.25) is 0 Å². The molecule has 1 aliphatic heterocycles. The van der Waals surface area contributed by atoms with E-state index >= 15 is 0 Å². The van der Waals surface area contributed by atoms with Crippen molar-refractivity contribution in [2.75, 3.05) is 4.90 Å². The molecule has 1 heterocycles. The first-order valence-electron chi connectivity index (χ1n) is 9.70. The molecule has 1 fully saturated rings. The molecule has 1 saturated heterocycles. The topological polar surface area (TPSA) is 72.7 Å². The van der Waals surface area contributed by atoms with Gasteiger partial charge in [-0.15, -0.1) is 0 Å². The molecule has 0 spiro atoms. The summed E-state index contributed by atoms with van der Waals surface area (Å²) in [5.74, 6) is -0.643. The van der Waals surface area contributed by atoms with Crippen molar-refractivity contribution in [3.63, 3.8) is 0 Å². The maximum Gasteiger partial charge on any atom is 0.416 e. The molecule has 3 aromatic carbocycles. The second-order valence-corrected chi connectivity index (χ2v) is 9.67. The van der Waals surface area contributed by atoms with Crippen LogP contribution in [-0.4, -0.2) is 15.2 Å². The molecule has 178 valence electrons. The SMILES string of the molecule is O=C1/C(=C\c2cc(Br)ccc2Oc2ccc(C(F)(F)F)cc2[N+](=O)[O-])SC(=S)N1c1ccccc1. The Balaban J connectivity index is 1.71. The predicted octanol–water partition coefficient (Wildman–Crippen LogP) is 7.57. The van der Waals surface area contributed by atoms with Crippen LogP contribution in [0.3, 0.4) is 0 Å². The largest absolute Gasteiger partial charge is 0.449 e. The van der Waals surface area contributed by atoms with E-state index in [9.17, 15) is 28.1 Å². The van der Waals surface area contributed by atoms with Gasteiger partial charge >= 0.3 is 11.9 Å². The van der Waals surface area contributed by atoms with E-state index in [0.29, 0.717) is 32.2 Å². The number of hydrogen-bond donors (Lipinski definition) is 0. The van der Waals surface area contributed by atoms with Crippen LogP contribution in [0.15, 0.2) is 76.1 Å². The number of nitro groups is 1. The van der Waals surface area contributed by atoms with Gasteiger partial charge in [-0.05, 0) is 48.5 Å². The van der Waals surface area contributed by atoms with E-state index in [0.717, 1.165) is 17.8 Å². The Morgan fingerprint density at radius 1 is 1.06 bits per heavy atom. The van der Waals surface area contributed by atoms with Gasteiger partial charge in [-0.1, -0.05) is 58.1 Å². The van der Waals surface area contributed by atoms with Crippen LogP contribution in [0.1, 0.15) is 11.1 Å². The minimum absolute atomic E-state index is 0.0982. The van der Waals surface area contributed by atoms with Gasteiger partial charge in [0.1, 0.15) is 5.75 Å². The number of rotatable bonds is 5. The zero-order valence-corrected chi connectivity index (χ0v) is 20.5. The molecule has 0 bridgehead atoms. The fraction of sp³-hybridized carbons (Fsp3) is 0.0435. The van der Waals surface area contributed by atoms with Crippen molar-refractivity contribution < 1.29 is 27.6 Å². The lowest BCUT2D eigenvalue weighted by molar-refractivity contribution is -0.385. The Hall–Kier alpha value is -3.22. The monoisotopic (exact) mass is 580 g/mol. The normalized spacial score (nSPS) is 15.1. The highest BCUT2D eigenvalue weighted by Gasteiger charge is 2.35. The highest BCUT2D eigenvalue weighted by molar-refractivity contribution is 9.10. The van der Waals surface area contributed by atoms with E-state index in [1.165, 1.54) is 17.0 Å². The number of carbonyl (C=O) groups is 1. The van der Waals surface area contributed by atoms with Crippen LogP contribution >= 0.6 is 39.9 Å². The molecule has 0 radical (unpaired) electrons. The Morgan fingerprint density at radius 3 is 2.40 bits per heavy atom. The number of halogens is 4. The van der Waals surface area contributed by atoms with Crippen molar-refractivity contribution in [2.45, 2.75) is 6.18 Å². The summed E-state index contributed by atoms with van der Waals surface area (Å²) in [5, 5.41) is 11.4. The van der Waals surface area contributed by atoms with Crippen LogP contribution in [-0.2, 0) is 11.0 Å². The zero-order valence-electron chi connectivity index (χ0n) is 17.3. The number of hydrogen-bond acceptors (Lipinski definition) is 6. The van der Waals surface area contributed by atoms with E-state index in [4.69, 9.17) is 17.0 Å². The molecule has 1 amide bonds. The highest BCUT2D eigenvalue weighted by Crippen LogP contribution is 2.41. The van der Waals surface area contributed by atoms with E-state index < -0.39 is 22.4 Å². The zero-order chi connectivity index (χ0) is 25.3. The maximum absolute atomic E-state index is 13.1. The summed E-state index contributed by atoms with van der Waals surface area (Å²) >= 11 is 9.76. The average Bonchev–Trinajstić information content (AvgIpc) is 3.08. The van der Waals surface area contributed by atoms with Gasteiger partial charge in [0, 0.05) is 16.1 Å². The highest BCUT2D eigenvalue weighted by atomic mass is 79.9. The van der Waals surface area contributed by atoms with Crippen LogP contribution in [0, 0.1) is 10.1 Å². The number of nitro benzene ring substituents is 1. The standard InChI is InChI=1S/C23H12BrF3N2O4S2/c24-15-7-9-18(33-19-8-6-14(23(25,26)27)12-17(19)29(31)32)13(10-15)11-20-21(30)28(22(34)35-20)16-4-2-1-3-5-16/h1-12H/b20-11+. The number of anilines is 1. The predicted molar refractivity (Wildman–Crippen MR) is 134 cm³/mol. The molecule has 6 nitrogen and oxygen atoms in total. The molecule has 0 N–H and O–H groups in total. The second-order valence-electron chi connectivity index (χ2n) is 7.07. The number of thioether (sulfide) groups is 1. The molecular formula is C23H12BrF3N2O4S2. The van der Waals surface area contributed by atoms with Gasteiger partial charge < -0.3 is 4.74 Å². The van der Waals surface area contributed by atoms with Gasteiger partial charge in [-0.2, -0.15) is 13.2 Å². The molecule has 0 aliphatic carbocycles. The number of para-hydroxylation sites is 1. The Morgan fingerprint density at radius 2 is 1.74 bits per heavy atom. The molecule has 1 aliphatic rings. The number of thiocarbonyl (C=S) groups is 1. The quantitative estimate of drug-likeness (QED) is 0.134. The molecule has 4 rings (SSSR count). The second kappa shape index (κ2) is 9.80. The first-order valence-corrected chi connectivity index (χ1v) is 11.7. The summed E-state index contributed by atoms with van der Waals surface area (Å²) < 4.78 is 45.7. The lowest BCUT2D eigenvalue weighted by atomic mass is 10.1. The molecule has 35 heavy (non-hydrogen) atoms. The number of benzene rings is 3. The van der Waals surface area contributed by atoms with Crippen molar-refractivity contribution in [3.8, 4) is 11.5 Å². The summed E-state index contributed by atoms with van der Waals surface area (Å²) in [5.41, 5.74) is -1.05. The summed E-state index contributed by atoms with van der Waals surface area (Å²) in [6.07, 6.45) is -3.24. The van der Waals surface area contributed by atoms with Crippen molar-refractivity contribution in [1.29, 1.82) is 0 Å². The molecule has 3 aromatic rings. The average molecular weight is 581 g/mol. The molecule has 12 heteroatoms. The third-order valence-corrected chi connectivity index (χ3v) is 6.56. The van der Waals surface area contributed by atoms with Gasteiger partial charge in [-0.25, -0.2) is 0 Å². The van der Waals surface area contributed by atoms with Gasteiger partial charge in [0.15, 0.2) is 4.32 Å². The lowest BCUT2D eigenvalue weighted by Gasteiger charge is -2.14. The molecule has 0 aromatic heterocycles. The molecular weight excluding hydrogens is 569 g/mol. The smallest absolute Gasteiger partial charge is 0.416 e. The fourth-order valence-electron chi connectivity index (χ4n) is 3.17. The van der Waals surface area contributed by atoms with Crippen molar-refractivity contribution in [2.24, 2.45) is 0 Å². The van der Waals surface area contributed by atoms with Gasteiger partial charge in [0.05, 0.1) is 21.1 Å². The van der Waals surface area contributed by atoms with Crippen molar-refractivity contribution in [1.82, 2.24) is 0 Å². The molecule has 0 unspecified atom stereocenters. The van der Waals surface area contributed by atoms with E-state index in [1.54, 1.807) is 36.4 Å². The Kier molecular flexibility index (Phi) is 6.97.